The van der Waals surface area contributed by atoms with Crippen LogP contribution in [0.2, 0.25) is 0 Å². The number of hydrogen-bond donors (Lipinski definition) is 1. The first-order valence-electron chi connectivity index (χ1n) is 5.34. The molecule has 78 valence electrons. The van der Waals surface area contributed by atoms with Crippen LogP contribution >= 0.6 is 11.8 Å². The van der Waals surface area contributed by atoms with Crippen LogP contribution in [0.4, 0.5) is 0 Å². The molecule has 0 aliphatic carbocycles. The molecule has 1 nitrogen and oxygen atoms in total. The van der Waals surface area contributed by atoms with Crippen LogP contribution in [-0.4, -0.2) is 23.6 Å². The topological polar surface area (TPSA) is 12.0 Å². The van der Waals surface area contributed by atoms with E-state index < -0.39 is 0 Å². The van der Waals surface area contributed by atoms with Crippen molar-refractivity contribution >= 4 is 11.8 Å². The van der Waals surface area contributed by atoms with Gasteiger partial charge in [-0.2, -0.15) is 11.8 Å². The van der Waals surface area contributed by atoms with E-state index in [0.717, 1.165) is 17.8 Å². The molecule has 1 aliphatic rings. The third kappa shape index (κ3) is 4.37. The lowest BCUT2D eigenvalue weighted by atomic mass is 9.96. The van der Waals surface area contributed by atoms with Gasteiger partial charge in [0.1, 0.15) is 0 Å². The SMILES string of the molecule is CC1SCCCC1NCC(C)(C)C. The highest BCUT2D eigenvalue weighted by molar-refractivity contribution is 7.99. The summed E-state index contributed by atoms with van der Waals surface area (Å²) in [7, 11) is 0. The summed E-state index contributed by atoms with van der Waals surface area (Å²) in [5, 5.41) is 4.49. The molecule has 0 radical (unpaired) electrons. The largest absolute Gasteiger partial charge is 0.312 e. The summed E-state index contributed by atoms with van der Waals surface area (Å²) in [6, 6.07) is 0.748. The summed E-state index contributed by atoms with van der Waals surface area (Å²) in [6.07, 6.45) is 2.75. The molecule has 2 heteroatoms. The molecule has 1 aliphatic heterocycles. The second-order valence-corrected chi connectivity index (χ2v) is 6.75. The third-order valence-corrected chi connectivity index (χ3v) is 3.88. The Hall–Kier alpha value is 0.310. The van der Waals surface area contributed by atoms with Crippen molar-refractivity contribution in [2.45, 2.75) is 51.8 Å². The molecule has 1 heterocycles. The van der Waals surface area contributed by atoms with Gasteiger partial charge in [0, 0.05) is 17.8 Å². The lowest BCUT2D eigenvalue weighted by Gasteiger charge is -2.32. The van der Waals surface area contributed by atoms with Crippen LogP contribution in [0.5, 0.6) is 0 Å². The zero-order valence-corrected chi connectivity index (χ0v) is 10.2. The predicted molar refractivity (Wildman–Crippen MR) is 62.4 cm³/mol. The Balaban J connectivity index is 2.27. The van der Waals surface area contributed by atoms with E-state index in [-0.39, 0.29) is 0 Å². The number of rotatable bonds is 2. The normalized spacial score (nSPS) is 30.5. The predicted octanol–water partition coefficient (Wildman–Crippen LogP) is 2.91. The van der Waals surface area contributed by atoms with E-state index in [4.69, 9.17) is 0 Å². The summed E-state index contributed by atoms with van der Waals surface area (Å²) >= 11 is 2.11. The molecule has 2 atom stereocenters. The first-order chi connectivity index (χ1) is 5.99. The lowest BCUT2D eigenvalue weighted by Crippen LogP contribution is -2.42. The van der Waals surface area contributed by atoms with Gasteiger partial charge < -0.3 is 5.32 Å². The molecule has 0 aromatic heterocycles. The lowest BCUT2D eigenvalue weighted by molar-refractivity contribution is 0.338. The van der Waals surface area contributed by atoms with Gasteiger partial charge in [0.05, 0.1) is 0 Å². The zero-order chi connectivity index (χ0) is 9.90. The van der Waals surface area contributed by atoms with Gasteiger partial charge in [-0.3, -0.25) is 0 Å². The summed E-state index contributed by atoms with van der Waals surface area (Å²) in [5.74, 6) is 1.36. The summed E-state index contributed by atoms with van der Waals surface area (Å²) in [4.78, 5) is 0. The molecule has 0 spiro atoms. The molecule has 0 saturated carbocycles. The minimum absolute atomic E-state index is 0.418. The zero-order valence-electron chi connectivity index (χ0n) is 9.39. The minimum Gasteiger partial charge on any atom is -0.312 e. The number of thioether (sulfide) groups is 1. The van der Waals surface area contributed by atoms with Crippen LogP contribution in [0.15, 0.2) is 0 Å². The van der Waals surface area contributed by atoms with Gasteiger partial charge in [0.15, 0.2) is 0 Å². The van der Waals surface area contributed by atoms with E-state index in [1.165, 1.54) is 18.6 Å². The molecular weight excluding hydrogens is 178 g/mol. The smallest absolute Gasteiger partial charge is 0.0184 e. The molecular formula is C11H23NS. The van der Waals surface area contributed by atoms with Crippen LogP contribution < -0.4 is 5.32 Å². The molecule has 2 unspecified atom stereocenters. The van der Waals surface area contributed by atoms with Crippen LogP contribution in [0, 0.1) is 5.41 Å². The van der Waals surface area contributed by atoms with Crippen molar-refractivity contribution in [1.82, 2.24) is 5.32 Å². The average molecular weight is 201 g/mol. The molecule has 1 rings (SSSR count). The molecule has 1 fully saturated rings. The van der Waals surface area contributed by atoms with Crippen molar-refractivity contribution in [2.24, 2.45) is 5.41 Å². The van der Waals surface area contributed by atoms with Gasteiger partial charge in [-0.25, -0.2) is 0 Å². The van der Waals surface area contributed by atoms with Gasteiger partial charge in [-0.05, 0) is 24.0 Å². The van der Waals surface area contributed by atoms with Gasteiger partial charge in [-0.1, -0.05) is 27.7 Å². The fraction of sp³-hybridized carbons (Fsp3) is 1.00. The Morgan fingerprint density at radius 2 is 2.08 bits per heavy atom. The first kappa shape index (κ1) is 11.4. The Labute approximate surface area is 87.1 Å². The fourth-order valence-electron chi connectivity index (χ4n) is 1.63. The highest BCUT2D eigenvalue weighted by Crippen LogP contribution is 2.25. The van der Waals surface area contributed by atoms with Crippen molar-refractivity contribution in [3.8, 4) is 0 Å². The van der Waals surface area contributed by atoms with Crippen molar-refractivity contribution < 1.29 is 0 Å². The van der Waals surface area contributed by atoms with Gasteiger partial charge in [0.25, 0.3) is 0 Å². The Bertz CT molecular complexity index is 151. The van der Waals surface area contributed by atoms with E-state index in [2.05, 4.69) is 44.8 Å². The maximum atomic E-state index is 3.69. The van der Waals surface area contributed by atoms with E-state index in [1.54, 1.807) is 0 Å². The number of nitrogens with one attached hydrogen (secondary N) is 1. The van der Waals surface area contributed by atoms with E-state index in [0.29, 0.717) is 5.41 Å². The highest BCUT2D eigenvalue weighted by Gasteiger charge is 2.22. The highest BCUT2D eigenvalue weighted by atomic mass is 32.2. The molecule has 1 N–H and O–H groups in total. The average Bonchev–Trinajstić information content (AvgIpc) is 2.01. The van der Waals surface area contributed by atoms with E-state index in [1.807, 2.05) is 0 Å². The molecule has 0 aromatic rings. The van der Waals surface area contributed by atoms with Crippen molar-refractivity contribution in [1.29, 1.82) is 0 Å². The van der Waals surface area contributed by atoms with Crippen LogP contribution in [-0.2, 0) is 0 Å². The van der Waals surface area contributed by atoms with Gasteiger partial charge in [-0.15, -0.1) is 0 Å². The molecule has 13 heavy (non-hydrogen) atoms. The van der Waals surface area contributed by atoms with E-state index in [9.17, 15) is 0 Å². The summed E-state index contributed by atoms with van der Waals surface area (Å²) in [6.45, 7) is 10.4. The quantitative estimate of drug-likeness (QED) is 0.737. The number of hydrogen-bond acceptors (Lipinski definition) is 2. The maximum Gasteiger partial charge on any atom is 0.0184 e. The second-order valence-electron chi connectivity index (χ2n) is 5.27. The van der Waals surface area contributed by atoms with Crippen LogP contribution in [0.3, 0.4) is 0 Å². The van der Waals surface area contributed by atoms with Gasteiger partial charge in [0.2, 0.25) is 0 Å². The Morgan fingerprint density at radius 3 is 2.62 bits per heavy atom. The van der Waals surface area contributed by atoms with Crippen molar-refractivity contribution in [3.63, 3.8) is 0 Å². The van der Waals surface area contributed by atoms with Crippen molar-refractivity contribution in [3.05, 3.63) is 0 Å². The summed E-state index contributed by atoms with van der Waals surface area (Å²) in [5.41, 5.74) is 0.418. The first-order valence-corrected chi connectivity index (χ1v) is 6.39. The minimum atomic E-state index is 0.418. The monoisotopic (exact) mass is 201 g/mol. The molecule has 0 aromatic carbocycles. The second kappa shape index (κ2) is 4.70. The molecule has 1 saturated heterocycles. The van der Waals surface area contributed by atoms with Crippen molar-refractivity contribution in [2.75, 3.05) is 12.3 Å². The maximum absolute atomic E-state index is 3.69. The third-order valence-electron chi connectivity index (χ3n) is 2.50. The Kier molecular flexibility index (Phi) is 4.11. The van der Waals surface area contributed by atoms with E-state index >= 15 is 0 Å². The molecule has 0 amide bonds. The van der Waals surface area contributed by atoms with Gasteiger partial charge >= 0.3 is 0 Å². The fourth-order valence-corrected chi connectivity index (χ4v) is 2.80. The van der Waals surface area contributed by atoms with Crippen LogP contribution in [0.1, 0.15) is 40.5 Å². The standard InChI is InChI=1S/C11H23NS/c1-9-10(6-5-7-13-9)12-8-11(2,3)4/h9-10,12H,5-8H2,1-4H3. The summed E-state index contributed by atoms with van der Waals surface area (Å²) < 4.78 is 0. The molecule has 0 bridgehead atoms. The Morgan fingerprint density at radius 1 is 1.38 bits per heavy atom. The van der Waals surface area contributed by atoms with Crippen LogP contribution in [0.25, 0.3) is 0 Å².